The molecular formula is C10H12N2O3S. The second-order valence-corrected chi connectivity index (χ2v) is 4.93. The molecule has 0 saturated carbocycles. The SMILES string of the molecule is O=C(O)c1cnc(C2CCSCC2)[nH]c1=O. The van der Waals surface area contributed by atoms with Crippen LogP contribution >= 0.6 is 11.8 Å². The second kappa shape index (κ2) is 4.69. The van der Waals surface area contributed by atoms with Crippen molar-refractivity contribution in [3.05, 3.63) is 27.9 Å². The Bertz CT molecular complexity index is 452. The standard InChI is InChI=1S/C10H12N2O3S/c13-9-7(10(14)15)5-11-8(12-9)6-1-3-16-4-2-6/h5-6H,1-4H2,(H,14,15)(H,11,12,13). The van der Waals surface area contributed by atoms with Gasteiger partial charge >= 0.3 is 5.97 Å². The van der Waals surface area contributed by atoms with Crippen LogP contribution in [0.4, 0.5) is 0 Å². The zero-order valence-electron chi connectivity index (χ0n) is 8.60. The summed E-state index contributed by atoms with van der Waals surface area (Å²) in [7, 11) is 0. The lowest BCUT2D eigenvalue weighted by atomic mass is 10.0. The fraction of sp³-hybridized carbons (Fsp3) is 0.500. The summed E-state index contributed by atoms with van der Waals surface area (Å²) < 4.78 is 0. The minimum Gasteiger partial charge on any atom is -0.477 e. The van der Waals surface area contributed by atoms with E-state index in [1.807, 2.05) is 11.8 Å². The molecule has 0 spiro atoms. The zero-order valence-corrected chi connectivity index (χ0v) is 9.42. The fourth-order valence-corrected chi connectivity index (χ4v) is 2.85. The zero-order chi connectivity index (χ0) is 11.5. The van der Waals surface area contributed by atoms with Gasteiger partial charge in [-0.2, -0.15) is 11.8 Å². The summed E-state index contributed by atoms with van der Waals surface area (Å²) in [6.07, 6.45) is 3.12. The molecule has 1 aliphatic heterocycles. The lowest BCUT2D eigenvalue weighted by molar-refractivity contribution is 0.0694. The lowest BCUT2D eigenvalue weighted by Crippen LogP contribution is -2.22. The van der Waals surface area contributed by atoms with Crippen LogP contribution in [0.5, 0.6) is 0 Å². The number of nitrogens with zero attached hydrogens (tertiary/aromatic N) is 1. The Hall–Kier alpha value is -1.30. The molecule has 0 bridgehead atoms. The monoisotopic (exact) mass is 240 g/mol. The summed E-state index contributed by atoms with van der Waals surface area (Å²) in [5.41, 5.74) is -0.857. The van der Waals surface area contributed by atoms with E-state index in [1.54, 1.807) is 0 Å². The smallest absolute Gasteiger partial charge is 0.342 e. The molecule has 2 rings (SSSR count). The van der Waals surface area contributed by atoms with Crippen LogP contribution in [0.3, 0.4) is 0 Å². The third-order valence-electron chi connectivity index (χ3n) is 2.66. The van der Waals surface area contributed by atoms with Gasteiger partial charge < -0.3 is 10.1 Å². The van der Waals surface area contributed by atoms with Gasteiger partial charge in [-0.3, -0.25) is 4.79 Å². The van der Waals surface area contributed by atoms with Crippen LogP contribution in [0.15, 0.2) is 11.0 Å². The van der Waals surface area contributed by atoms with Gasteiger partial charge in [0, 0.05) is 12.1 Å². The molecule has 1 aromatic rings. The number of carbonyl (C=O) groups is 1. The number of aromatic amines is 1. The van der Waals surface area contributed by atoms with Crippen molar-refractivity contribution in [1.82, 2.24) is 9.97 Å². The summed E-state index contributed by atoms with van der Waals surface area (Å²) in [6, 6.07) is 0. The molecule has 0 aromatic carbocycles. The summed E-state index contributed by atoms with van der Waals surface area (Å²) in [6.45, 7) is 0. The van der Waals surface area contributed by atoms with Crippen molar-refractivity contribution in [2.75, 3.05) is 11.5 Å². The molecule has 0 radical (unpaired) electrons. The predicted molar refractivity (Wildman–Crippen MR) is 61.1 cm³/mol. The first kappa shape index (κ1) is 11.2. The van der Waals surface area contributed by atoms with Crippen LogP contribution in [0.2, 0.25) is 0 Å². The molecule has 0 unspecified atom stereocenters. The van der Waals surface area contributed by atoms with E-state index in [0.29, 0.717) is 5.82 Å². The Labute approximate surface area is 96.3 Å². The molecule has 16 heavy (non-hydrogen) atoms. The highest BCUT2D eigenvalue weighted by molar-refractivity contribution is 7.99. The quantitative estimate of drug-likeness (QED) is 0.808. The van der Waals surface area contributed by atoms with Crippen LogP contribution < -0.4 is 5.56 Å². The van der Waals surface area contributed by atoms with Gasteiger partial charge in [0.2, 0.25) is 0 Å². The second-order valence-electron chi connectivity index (χ2n) is 3.70. The van der Waals surface area contributed by atoms with E-state index in [1.165, 1.54) is 0 Å². The third kappa shape index (κ3) is 2.27. The molecule has 86 valence electrons. The van der Waals surface area contributed by atoms with E-state index in [-0.39, 0.29) is 11.5 Å². The van der Waals surface area contributed by atoms with E-state index in [4.69, 9.17) is 5.11 Å². The molecule has 1 saturated heterocycles. The maximum Gasteiger partial charge on any atom is 0.342 e. The van der Waals surface area contributed by atoms with Crippen molar-refractivity contribution in [3.8, 4) is 0 Å². The van der Waals surface area contributed by atoms with Crippen LogP contribution in [-0.4, -0.2) is 32.5 Å². The van der Waals surface area contributed by atoms with Crippen molar-refractivity contribution >= 4 is 17.7 Å². The van der Waals surface area contributed by atoms with Crippen molar-refractivity contribution < 1.29 is 9.90 Å². The molecule has 1 aliphatic rings. The van der Waals surface area contributed by atoms with Crippen LogP contribution in [0, 0.1) is 0 Å². The van der Waals surface area contributed by atoms with Crippen molar-refractivity contribution in [1.29, 1.82) is 0 Å². The largest absolute Gasteiger partial charge is 0.477 e. The maximum absolute atomic E-state index is 11.4. The summed E-state index contributed by atoms with van der Waals surface area (Å²) in [5, 5.41) is 8.70. The first-order chi connectivity index (χ1) is 7.68. The molecule has 2 N–H and O–H groups in total. The average Bonchev–Trinajstić information content (AvgIpc) is 2.29. The first-order valence-electron chi connectivity index (χ1n) is 5.08. The van der Waals surface area contributed by atoms with Gasteiger partial charge in [0.1, 0.15) is 11.4 Å². The third-order valence-corrected chi connectivity index (χ3v) is 3.71. The Kier molecular flexibility index (Phi) is 3.28. The number of hydrogen-bond acceptors (Lipinski definition) is 4. The minimum atomic E-state index is -1.24. The van der Waals surface area contributed by atoms with Crippen LogP contribution in [0.1, 0.15) is 34.9 Å². The van der Waals surface area contributed by atoms with E-state index in [9.17, 15) is 9.59 Å². The van der Waals surface area contributed by atoms with Crippen molar-refractivity contribution in [2.45, 2.75) is 18.8 Å². The summed E-state index contributed by atoms with van der Waals surface area (Å²) in [4.78, 5) is 28.7. The van der Waals surface area contributed by atoms with E-state index >= 15 is 0 Å². The highest BCUT2D eigenvalue weighted by Gasteiger charge is 2.19. The molecule has 6 heteroatoms. The molecule has 1 aromatic heterocycles. The molecule has 0 atom stereocenters. The summed E-state index contributed by atoms with van der Waals surface area (Å²) in [5.74, 6) is 1.77. The van der Waals surface area contributed by atoms with Gasteiger partial charge in [0.15, 0.2) is 0 Å². The number of hydrogen-bond donors (Lipinski definition) is 2. The van der Waals surface area contributed by atoms with Gasteiger partial charge in [0.05, 0.1) is 0 Å². The Morgan fingerprint density at radius 2 is 2.19 bits per heavy atom. The average molecular weight is 240 g/mol. The van der Waals surface area contributed by atoms with Crippen molar-refractivity contribution in [2.24, 2.45) is 0 Å². The summed E-state index contributed by atoms with van der Waals surface area (Å²) >= 11 is 1.89. The maximum atomic E-state index is 11.4. The molecule has 0 aliphatic carbocycles. The predicted octanol–water partition coefficient (Wildman–Crippen LogP) is 1.08. The number of nitrogens with one attached hydrogen (secondary N) is 1. The number of H-pyrrole nitrogens is 1. The molecule has 5 nitrogen and oxygen atoms in total. The number of thioether (sulfide) groups is 1. The number of aromatic nitrogens is 2. The van der Waals surface area contributed by atoms with Gasteiger partial charge in [-0.25, -0.2) is 9.78 Å². The van der Waals surface area contributed by atoms with E-state index in [0.717, 1.165) is 30.5 Å². The Morgan fingerprint density at radius 1 is 1.50 bits per heavy atom. The number of rotatable bonds is 2. The number of aromatic carboxylic acids is 1. The van der Waals surface area contributed by atoms with Gasteiger partial charge in [-0.1, -0.05) is 0 Å². The number of carboxylic acid groups (broad SMARTS) is 1. The molecular weight excluding hydrogens is 228 g/mol. The van der Waals surface area contributed by atoms with E-state index < -0.39 is 11.5 Å². The van der Waals surface area contributed by atoms with Crippen LogP contribution in [0.25, 0.3) is 0 Å². The minimum absolute atomic E-state index is 0.261. The number of carboxylic acids is 1. The first-order valence-corrected chi connectivity index (χ1v) is 6.24. The normalized spacial score (nSPS) is 17.2. The van der Waals surface area contributed by atoms with Gasteiger partial charge in [0.25, 0.3) is 5.56 Å². The Balaban J connectivity index is 2.26. The van der Waals surface area contributed by atoms with Crippen LogP contribution in [-0.2, 0) is 0 Å². The van der Waals surface area contributed by atoms with Gasteiger partial charge in [-0.15, -0.1) is 0 Å². The lowest BCUT2D eigenvalue weighted by Gasteiger charge is -2.20. The van der Waals surface area contributed by atoms with Gasteiger partial charge in [-0.05, 0) is 24.3 Å². The Morgan fingerprint density at radius 3 is 2.75 bits per heavy atom. The fourth-order valence-electron chi connectivity index (χ4n) is 1.74. The topological polar surface area (TPSA) is 83.0 Å². The highest BCUT2D eigenvalue weighted by Crippen LogP contribution is 2.28. The molecule has 2 heterocycles. The molecule has 1 fully saturated rings. The highest BCUT2D eigenvalue weighted by atomic mass is 32.2. The van der Waals surface area contributed by atoms with Crippen molar-refractivity contribution in [3.63, 3.8) is 0 Å². The molecule has 0 amide bonds. The van der Waals surface area contributed by atoms with E-state index in [2.05, 4.69) is 9.97 Å².